The van der Waals surface area contributed by atoms with E-state index in [1.807, 2.05) is 12.1 Å². The molecule has 0 bridgehead atoms. The van der Waals surface area contributed by atoms with E-state index in [1.54, 1.807) is 19.2 Å². The second-order valence-corrected chi connectivity index (χ2v) is 4.29. The molecule has 1 aromatic rings. The predicted molar refractivity (Wildman–Crippen MR) is 60.3 cm³/mol. The molecule has 0 aliphatic heterocycles. The van der Waals surface area contributed by atoms with E-state index in [1.165, 1.54) is 0 Å². The summed E-state index contributed by atoms with van der Waals surface area (Å²) in [5, 5.41) is 9.48. The molecule has 0 amide bonds. The van der Waals surface area contributed by atoms with Crippen molar-refractivity contribution in [2.75, 3.05) is 7.11 Å². The summed E-state index contributed by atoms with van der Waals surface area (Å²) in [4.78, 5) is 11.3. The summed E-state index contributed by atoms with van der Waals surface area (Å²) in [6.45, 7) is 0. The van der Waals surface area contributed by atoms with Crippen LogP contribution in [0.5, 0.6) is 5.75 Å². The summed E-state index contributed by atoms with van der Waals surface area (Å²) in [5.41, 5.74) is 0.564. The number of ether oxygens (including phenoxy) is 1. The van der Waals surface area contributed by atoms with Gasteiger partial charge in [0.15, 0.2) is 0 Å². The number of carbonyl (C=O) groups is 1. The first-order valence-corrected chi connectivity index (χ1v) is 5.53. The van der Waals surface area contributed by atoms with E-state index in [4.69, 9.17) is 4.74 Å². The van der Waals surface area contributed by atoms with Crippen LogP contribution in [0.4, 0.5) is 0 Å². The average molecular weight is 220 g/mol. The summed E-state index contributed by atoms with van der Waals surface area (Å²) in [5.74, 6) is 0.540. The first kappa shape index (κ1) is 11.1. The smallest absolute Gasteiger partial charge is 0.133 e. The molecule has 2 rings (SSSR count). The molecular formula is C13H16O3. The van der Waals surface area contributed by atoms with Gasteiger partial charge in [0, 0.05) is 20.0 Å². The second-order valence-electron chi connectivity index (χ2n) is 4.29. The third-order valence-electron chi connectivity index (χ3n) is 3.38. The Bertz CT molecular complexity index is 388. The van der Waals surface area contributed by atoms with Crippen LogP contribution < -0.4 is 0 Å². The lowest BCUT2D eigenvalue weighted by molar-refractivity contribution is -0.127. The summed E-state index contributed by atoms with van der Waals surface area (Å²) in [6.07, 6.45) is 2.52. The van der Waals surface area contributed by atoms with Crippen molar-refractivity contribution < 1.29 is 14.6 Å². The first-order chi connectivity index (χ1) is 7.66. The van der Waals surface area contributed by atoms with Crippen LogP contribution in [0.1, 0.15) is 31.2 Å². The van der Waals surface area contributed by atoms with Crippen LogP contribution in [0.15, 0.2) is 24.3 Å². The van der Waals surface area contributed by atoms with Crippen LogP contribution in [0, 0.1) is 0 Å². The second kappa shape index (κ2) is 4.26. The van der Waals surface area contributed by atoms with Gasteiger partial charge in [-0.05, 0) is 30.5 Å². The third kappa shape index (κ3) is 1.95. The zero-order valence-corrected chi connectivity index (χ0v) is 9.40. The topological polar surface area (TPSA) is 46.5 Å². The largest absolute Gasteiger partial charge is 0.508 e. The van der Waals surface area contributed by atoms with Crippen LogP contribution in [0.25, 0.3) is 0 Å². The Kier molecular flexibility index (Phi) is 2.97. The number of aromatic hydroxyl groups is 1. The minimum Gasteiger partial charge on any atom is -0.508 e. The molecule has 0 spiro atoms. The minimum absolute atomic E-state index is 0.242. The summed E-state index contributed by atoms with van der Waals surface area (Å²) in [6, 6.07) is 7.11. The quantitative estimate of drug-likeness (QED) is 0.832. The normalized spacial score (nSPS) is 19.7. The standard InChI is InChI=1S/C13H16O3/c1-16-13(7-5-11(14)6-8-13)10-3-2-4-12(15)9-10/h2-4,9,15H,5-8H2,1H3. The highest BCUT2D eigenvalue weighted by Gasteiger charge is 2.36. The minimum atomic E-state index is -0.396. The van der Waals surface area contributed by atoms with Crippen molar-refractivity contribution in [1.29, 1.82) is 0 Å². The van der Waals surface area contributed by atoms with Crippen LogP contribution >= 0.6 is 0 Å². The van der Waals surface area contributed by atoms with E-state index in [0.29, 0.717) is 31.5 Å². The molecule has 0 aromatic heterocycles. The lowest BCUT2D eigenvalue weighted by Gasteiger charge is -2.36. The molecule has 0 radical (unpaired) electrons. The Morgan fingerprint density at radius 1 is 1.31 bits per heavy atom. The van der Waals surface area contributed by atoms with Gasteiger partial charge in [0.1, 0.15) is 11.5 Å². The van der Waals surface area contributed by atoms with Crippen molar-refractivity contribution >= 4 is 5.78 Å². The maximum absolute atomic E-state index is 11.3. The van der Waals surface area contributed by atoms with Crippen LogP contribution in [0.2, 0.25) is 0 Å². The Hall–Kier alpha value is -1.35. The highest BCUT2D eigenvalue weighted by atomic mass is 16.5. The average Bonchev–Trinajstić information content (AvgIpc) is 2.31. The number of benzene rings is 1. The number of hydrogen-bond donors (Lipinski definition) is 1. The van der Waals surface area contributed by atoms with Gasteiger partial charge in [0.25, 0.3) is 0 Å². The lowest BCUT2D eigenvalue weighted by Crippen LogP contribution is -2.33. The van der Waals surface area contributed by atoms with E-state index < -0.39 is 5.60 Å². The maximum Gasteiger partial charge on any atom is 0.133 e. The van der Waals surface area contributed by atoms with Gasteiger partial charge in [-0.2, -0.15) is 0 Å². The summed E-state index contributed by atoms with van der Waals surface area (Å²) >= 11 is 0. The zero-order chi connectivity index (χ0) is 11.6. The molecule has 86 valence electrons. The van der Waals surface area contributed by atoms with Gasteiger partial charge in [0.2, 0.25) is 0 Å². The zero-order valence-electron chi connectivity index (χ0n) is 9.40. The highest BCUT2D eigenvalue weighted by Crippen LogP contribution is 2.39. The molecule has 0 unspecified atom stereocenters. The van der Waals surface area contributed by atoms with E-state index in [0.717, 1.165) is 5.56 Å². The van der Waals surface area contributed by atoms with Crippen molar-refractivity contribution in [3.63, 3.8) is 0 Å². The fraction of sp³-hybridized carbons (Fsp3) is 0.462. The number of Topliss-reactive ketones (excluding diaryl/α,β-unsaturated/α-hetero) is 1. The molecule has 0 saturated heterocycles. The number of hydrogen-bond acceptors (Lipinski definition) is 3. The third-order valence-corrected chi connectivity index (χ3v) is 3.38. The van der Waals surface area contributed by atoms with Crippen LogP contribution in [-0.4, -0.2) is 18.0 Å². The molecule has 1 aliphatic carbocycles. The fourth-order valence-corrected chi connectivity index (χ4v) is 2.33. The van der Waals surface area contributed by atoms with Gasteiger partial charge >= 0.3 is 0 Å². The monoisotopic (exact) mass is 220 g/mol. The summed E-state index contributed by atoms with van der Waals surface area (Å²) < 4.78 is 5.60. The number of rotatable bonds is 2. The highest BCUT2D eigenvalue weighted by molar-refractivity contribution is 5.79. The molecule has 1 fully saturated rings. The summed E-state index contributed by atoms with van der Waals surface area (Å²) in [7, 11) is 1.67. The van der Waals surface area contributed by atoms with E-state index >= 15 is 0 Å². The predicted octanol–water partition coefficient (Wildman–Crippen LogP) is 2.38. The van der Waals surface area contributed by atoms with Gasteiger partial charge in [-0.15, -0.1) is 0 Å². The number of phenolic OH excluding ortho intramolecular Hbond substituents is 1. The molecule has 1 aliphatic rings. The fourth-order valence-electron chi connectivity index (χ4n) is 2.33. The van der Waals surface area contributed by atoms with E-state index in [9.17, 15) is 9.90 Å². The van der Waals surface area contributed by atoms with Crippen molar-refractivity contribution in [2.45, 2.75) is 31.3 Å². The maximum atomic E-state index is 11.3. The van der Waals surface area contributed by atoms with Gasteiger partial charge in [-0.1, -0.05) is 12.1 Å². The van der Waals surface area contributed by atoms with Crippen LogP contribution in [0.3, 0.4) is 0 Å². The van der Waals surface area contributed by atoms with E-state index in [-0.39, 0.29) is 5.75 Å². The molecule has 0 heterocycles. The Morgan fingerprint density at radius 2 is 2.00 bits per heavy atom. The number of phenols is 1. The van der Waals surface area contributed by atoms with Gasteiger partial charge < -0.3 is 9.84 Å². The molecule has 1 aromatic carbocycles. The van der Waals surface area contributed by atoms with Crippen molar-refractivity contribution in [2.24, 2.45) is 0 Å². The van der Waals surface area contributed by atoms with Crippen molar-refractivity contribution in [3.05, 3.63) is 29.8 Å². The molecular weight excluding hydrogens is 204 g/mol. The Labute approximate surface area is 95.0 Å². The van der Waals surface area contributed by atoms with Gasteiger partial charge in [0.05, 0.1) is 5.60 Å². The molecule has 3 heteroatoms. The SMILES string of the molecule is COC1(c2cccc(O)c2)CCC(=O)CC1. The molecule has 0 atom stereocenters. The van der Waals surface area contributed by atoms with E-state index in [2.05, 4.69) is 0 Å². The first-order valence-electron chi connectivity index (χ1n) is 5.53. The lowest BCUT2D eigenvalue weighted by atomic mass is 9.79. The molecule has 1 N–H and O–H groups in total. The number of carbonyl (C=O) groups excluding carboxylic acids is 1. The van der Waals surface area contributed by atoms with Crippen molar-refractivity contribution in [3.8, 4) is 5.75 Å². The molecule has 3 nitrogen and oxygen atoms in total. The van der Waals surface area contributed by atoms with Crippen molar-refractivity contribution in [1.82, 2.24) is 0 Å². The Balaban J connectivity index is 2.31. The number of ketones is 1. The molecule has 16 heavy (non-hydrogen) atoms. The van der Waals surface area contributed by atoms with Crippen LogP contribution in [-0.2, 0) is 15.1 Å². The number of methoxy groups -OCH3 is 1. The van der Waals surface area contributed by atoms with Gasteiger partial charge in [-0.3, -0.25) is 4.79 Å². The van der Waals surface area contributed by atoms with Gasteiger partial charge in [-0.25, -0.2) is 0 Å². The molecule has 1 saturated carbocycles. The Morgan fingerprint density at radius 3 is 2.56 bits per heavy atom.